The average molecular weight is 293 g/mol. The van der Waals surface area contributed by atoms with Crippen molar-refractivity contribution < 1.29 is 9.90 Å². The molecule has 1 aromatic carbocycles. The first-order valence-electron chi connectivity index (χ1n) is 6.50. The predicted molar refractivity (Wildman–Crippen MR) is 77.8 cm³/mol. The number of carboxylic acids is 1. The van der Waals surface area contributed by atoms with Crippen LogP contribution in [0.1, 0.15) is 17.8 Å². The normalized spacial score (nSPS) is 12.3. The van der Waals surface area contributed by atoms with Crippen LogP contribution in [0.3, 0.4) is 0 Å². The second-order valence-electron chi connectivity index (χ2n) is 4.82. The molecule has 1 aromatic heterocycles. The summed E-state index contributed by atoms with van der Waals surface area (Å²) in [6.45, 7) is 0. The van der Waals surface area contributed by atoms with E-state index in [1.165, 1.54) is 0 Å². The van der Waals surface area contributed by atoms with Crippen LogP contribution in [-0.4, -0.2) is 20.6 Å². The van der Waals surface area contributed by atoms with Crippen molar-refractivity contribution in [2.45, 2.75) is 19.3 Å². The minimum Gasteiger partial charge on any atom is -0.481 e. The van der Waals surface area contributed by atoms with Gasteiger partial charge in [0.25, 0.3) is 0 Å². The molecule has 0 saturated heterocycles. The summed E-state index contributed by atoms with van der Waals surface area (Å²) in [7, 11) is 1.91. The fraction of sp³-hybridized carbons (Fsp3) is 0.333. The molecule has 4 nitrogen and oxygen atoms in total. The lowest BCUT2D eigenvalue weighted by Crippen LogP contribution is -2.18. The van der Waals surface area contributed by atoms with E-state index < -0.39 is 11.9 Å². The number of aliphatic carboxylic acids is 1. The average Bonchev–Trinajstić information content (AvgIpc) is 2.82. The molecule has 0 aliphatic heterocycles. The molecule has 106 valence electrons. The predicted octanol–water partition coefficient (Wildman–Crippen LogP) is 2.95. The summed E-state index contributed by atoms with van der Waals surface area (Å²) < 4.78 is 1.91. The first-order valence-corrected chi connectivity index (χ1v) is 6.88. The molecular formula is C15H17ClN2O2. The lowest BCUT2D eigenvalue weighted by atomic mass is 9.94. The number of halogens is 1. The van der Waals surface area contributed by atoms with Gasteiger partial charge in [-0.2, -0.15) is 0 Å². The zero-order chi connectivity index (χ0) is 14.5. The van der Waals surface area contributed by atoms with Crippen molar-refractivity contribution in [2.75, 3.05) is 0 Å². The summed E-state index contributed by atoms with van der Waals surface area (Å²) in [5.74, 6) is -0.346. The van der Waals surface area contributed by atoms with Crippen LogP contribution in [0, 0.1) is 5.92 Å². The van der Waals surface area contributed by atoms with Gasteiger partial charge < -0.3 is 9.67 Å². The van der Waals surface area contributed by atoms with Crippen molar-refractivity contribution in [1.82, 2.24) is 9.55 Å². The van der Waals surface area contributed by atoms with Gasteiger partial charge in [0.2, 0.25) is 0 Å². The topological polar surface area (TPSA) is 55.1 Å². The summed E-state index contributed by atoms with van der Waals surface area (Å²) >= 11 is 6.09. The van der Waals surface area contributed by atoms with E-state index in [2.05, 4.69) is 4.98 Å². The van der Waals surface area contributed by atoms with Crippen LogP contribution in [0.2, 0.25) is 5.02 Å². The zero-order valence-electron chi connectivity index (χ0n) is 11.3. The Labute approximate surface area is 123 Å². The van der Waals surface area contributed by atoms with Gasteiger partial charge in [0.15, 0.2) is 0 Å². The quantitative estimate of drug-likeness (QED) is 0.890. The van der Waals surface area contributed by atoms with Crippen molar-refractivity contribution in [1.29, 1.82) is 0 Å². The van der Waals surface area contributed by atoms with Crippen LogP contribution in [-0.2, 0) is 24.7 Å². The molecule has 2 aromatic rings. The minimum absolute atomic E-state index is 0.444. The highest BCUT2D eigenvalue weighted by molar-refractivity contribution is 6.31. The third-order valence-corrected chi connectivity index (χ3v) is 3.78. The smallest absolute Gasteiger partial charge is 0.306 e. The van der Waals surface area contributed by atoms with Crippen molar-refractivity contribution in [3.8, 4) is 0 Å². The van der Waals surface area contributed by atoms with Crippen molar-refractivity contribution in [3.63, 3.8) is 0 Å². The second kappa shape index (κ2) is 6.57. The Balaban J connectivity index is 2.03. The molecule has 1 atom stereocenters. The summed E-state index contributed by atoms with van der Waals surface area (Å²) in [5, 5.41) is 9.97. The van der Waals surface area contributed by atoms with Gasteiger partial charge in [0.1, 0.15) is 5.82 Å². The fourth-order valence-electron chi connectivity index (χ4n) is 2.18. The number of hydrogen-bond donors (Lipinski definition) is 1. The Bertz CT molecular complexity index is 595. The second-order valence-corrected chi connectivity index (χ2v) is 5.23. The molecule has 1 N–H and O–H groups in total. The Morgan fingerprint density at radius 3 is 2.80 bits per heavy atom. The van der Waals surface area contributed by atoms with Crippen molar-refractivity contribution >= 4 is 17.6 Å². The number of aromatic nitrogens is 2. The number of rotatable bonds is 6. The van der Waals surface area contributed by atoms with Gasteiger partial charge in [0, 0.05) is 30.9 Å². The van der Waals surface area contributed by atoms with Gasteiger partial charge in [-0.05, 0) is 24.5 Å². The highest BCUT2D eigenvalue weighted by atomic mass is 35.5. The highest BCUT2D eigenvalue weighted by Gasteiger charge is 2.19. The number of hydrogen-bond acceptors (Lipinski definition) is 2. The molecule has 20 heavy (non-hydrogen) atoms. The molecule has 0 saturated carbocycles. The Morgan fingerprint density at radius 2 is 2.20 bits per heavy atom. The van der Waals surface area contributed by atoms with Crippen LogP contribution in [0.4, 0.5) is 0 Å². The molecule has 1 unspecified atom stereocenters. The van der Waals surface area contributed by atoms with E-state index in [0.717, 1.165) is 11.4 Å². The molecule has 5 heteroatoms. The number of aryl methyl sites for hydroxylation is 2. The summed E-state index contributed by atoms with van der Waals surface area (Å²) in [4.78, 5) is 15.6. The lowest BCUT2D eigenvalue weighted by Gasteiger charge is -2.13. The molecule has 2 rings (SSSR count). The van der Waals surface area contributed by atoms with Gasteiger partial charge in [0.05, 0.1) is 5.92 Å². The van der Waals surface area contributed by atoms with Crippen LogP contribution in [0.5, 0.6) is 0 Å². The van der Waals surface area contributed by atoms with E-state index >= 15 is 0 Å². The van der Waals surface area contributed by atoms with Crippen LogP contribution < -0.4 is 0 Å². The number of imidazole rings is 1. The van der Waals surface area contributed by atoms with Crippen LogP contribution >= 0.6 is 11.6 Å². The SMILES string of the molecule is Cn1ccnc1CCC(Cc1ccccc1Cl)C(=O)O. The number of carbonyl (C=O) groups is 1. The maximum absolute atomic E-state index is 11.4. The molecule has 0 amide bonds. The Morgan fingerprint density at radius 1 is 1.45 bits per heavy atom. The maximum atomic E-state index is 11.4. The number of carboxylic acid groups (broad SMARTS) is 1. The first-order chi connectivity index (χ1) is 9.58. The van der Waals surface area contributed by atoms with E-state index in [0.29, 0.717) is 24.3 Å². The van der Waals surface area contributed by atoms with Gasteiger partial charge >= 0.3 is 5.97 Å². The van der Waals surface area contributed by atoms with Crippen molar-refractivity contribution in [2.24, 2.45) is 13.0 Å². The monoisotopic (exact) mass is 292 g/mol. The molecule has 0 bridgehead atoms. The minimum atomic E-state index is -0.792. The van der Waals surface area contributed by atoms with E-state index in [1.807, 2.05) is 36.0 Å². The van der Waals surface area contributed by atoms with Crippen LogP contribution in [0.25, 0.3) is 0 Å². The maximum Gasteiger partial charge on any atom is 0.306 e. The molecule has 1 heterocycles. The zero-order valence-corrected chi connectivity index (χ0v) is 12.0. The number of nitrogens with zero attached hydrogens (tertiary/aromatic N) is 2. The van der Waals surface area contributed by atoms with Gasteiger partial charge in [-0.3, -0.25) is 4.79 Å². The third kappa shape index (κ3) is 3.61. The van der Waals surface area contributed by atoms with Gasteiger partial charge in [-0.15, -0.1) is 0 Å². The fourth-order valence-corrected chi connectivity index (χ4v) is 2.40. The van der Waals surface area contributed by atoms with E-state index in [4.69, 9.17) is 11.6 Å². The molecular weight excluding hydrogens is 276 g/mol. The largest absolute Gasteiger partial charge is 0.481 e. The van der Waals surface area contributed by atoms with Gasteiger partial charge in [-0.1, -0.05) is 29.8 Å². The highest BCUT2D eigenvalue weighted by Crippen LogP contribution is 2.21. The van der Waals surface area contributed by atoms with E-state index in [-0.39, 0.29) is 0 Å². The molecule has 0 aliphatic rings. The third-order valence-electron chi connectivity index (χ3n) is 3.41. The summed E-state index contributed by atoms with van der Waals surface area (Å²) in [6, 6.07) is 7.38. The summed E-state index contributed by atoms with van der Waals surface area (Å²) in [5.41, 5.74) is 0.876. The molecule has 0 spiro atoms. The van der Waals surface area contributed by atoms with Crippen molar-refractivity contribution in [3.05, 3.63) is 53.1 Å². The van der Waals surface area contributed by atoms with E-state index in [1.54, 1.807) is 12.3 Å². The molecule has 0 radical (unpaired) electrons. The first kappa shape index (κ1) is 14.6. The molecule has 0 fully saturated rings. The molecule has 0 aliphatic carbocycles. The standard InChI is InChI=1S/C15H17ClN2O2/c1-18-9-8-17-14(18)7-6-12(15(19)20)10-11-4-2-3-5-13(11)16/h2-5,8-9,12H,6-7,10H2,1H3,(H,19,20). The van der Waals surface area contributed by atoms with Gasteiger partial charge in [-0.25, -0.2) is 4.98 Å². The van der Waals surface area contributed by atoms with E-state index in [9.17, 15) is 9.90 Å². The summed E-state index contributed by atoms with van der Waals surface area (Å²) in [6.07, 6.45) is 5.22. The Hall–Kier alpha value is -1.81. The lowest BCUT2D eigenvalue weighted by molar-refractivity contribution is -0.141. The van der Waals surface area contributed by atoms with Crippen LogP contribution in [0.15, 0.2) is 36.7 Å². The Kier molecular flexibility index (Phi) is 4.79. The number of benzene rings is 1.